The molecule has 0 aliphatic rings. The summed E-state index contributed by atoms with van der Waals surface area (Å²) in [6.45, 7) is 9.28. The third-order valence-electron chi connectivity index (χ3n) is 3.15. The van der Waals surface area contributed by atoms with Crippen LogP contribution in [0.5, 0.6) is 5.88 Å². The van der Waals surface area contributed by atoms with Gasteiger partial charge in [0.25, 0.3) is 0 Å². The predicted molar refractivity (Wildman–Crippen MR) is 77.1 cm³/mol. The van der Waals surface area contributed by atoms with Crippen LogP contribution in [0.15, 0.2) is 6.07 Å². The highest BCUT2D eigenvalue weighted by atomic mass is 16.5. The summed E-state index contributed by atoms with van der Waals surface area (Å²) in [4.78, 5) is 20.0. The van der Waals surface area contributed by atoms with Gasteiger partial charge >= 0.3 is 5.97 Å². The van der Waals surface area contributed by atoms with Gasteiger partial charge < -0.3 is 15.2 Å². The first kappa shape index (κ1) is 16.2. The lowest BCUT2D eigenvalue weighted by molar-refractivity contribution is -0.142. The molecule has 1 aromatic heterocycles. The molecule has 0 atom stereocenters. The maximum Gasteiger partial charge on any atom is 0.329 e. The van der Waals surface area contributed by atoms with E-state index in [2.05, 4.69) is 15.3 Å². The first-order chi connectivity index (χ1) is 9.32. The Hall–Kier alpha value is -1.85. The molecule has 0 spiro atoms. The molecule has 0 bridgehead atoms. The van der Waals surface area contributed by atoms with Gasteiger partial charge in [0.15, 0.2) is 0 Å². The lowest BCUT2D eigenvalue weighted by Crippen LogP contribution is -2.45. The topological polar surface area (TPSA) is 84.3 Å². The Balaban J connectivity index is 3.07. The van der Waals surface area contributed by atoms with E-state index in [9.17, 15) is 9.90 Å². The zero-order chi connectivity index (χ0) is 15.3. The van der Waals surface area contributed by atoms with Gasteiger partial charge in [-0.3, -0.25) is 0 Å². The highest BCUT2D eigenvalue weighted by molar-refractivity contribution is 5.82. The number of nitrogens with zero attached hydrogens (tertiary/aromatic N) is 2. The Bertz CT molecular complexity index is 471. The molecule has 0 aliphatic heterocycles. The smallest absolute Gasteiger partial charge is 0.329 e. The fraction of sp³-hybridized carbons (Fsp3) is 0.643. The fourth-order valence-corrected chi connectivity index (χ4v) is 1.89. The van der Waals surface area contributed by atoms with E-state index in [0.29, 0.717) is 18.7 Å². The molecule has 6 nitrogen and oxygen atoms in total. The molecule has 0 unspecified atom stereocenters. The number of carbonyl (C=O) groups is 1. The summed E-state index contributed by atoms with van der Waals surface area (Å²) >= 11 is 0. The summed E-state index contributed by atoms with van der Waals surface area (Å²) in [6, 6.07) is 1.73. The number of hydrogen-bond donors (Lipinski definition) is 2. The molecule has 6 heteroatoms. The van der Waals surface area contributed by atoms with Crippen molar-refractivity contribution >= 4 is 11.9 Å². The molecule has 20 heavy (non-hydrogen) atoms. The second-order valence-electron chi connectivity index (χ2n) is 5.06. The third-order valence-corrected chi connectivity index (χ3v) is 3.15. The maximum absolute atomic E-state index is 11.5. The summed E-state index contributed by atoms with van der Waals surface area (Å²) in [7, 11) is 0. The Morgan fingerprint density at radius 1 is 1.40 bits per heavy atom. The van der Waals surface area contributed by atoms with Crippen molar-refractivity contribution in [3.8, 4) is 5.88 Å². The molecule has 2 N–H and O–H groups in total. The van der Waals surface area contributed by atoms with Gasteiger partial charge in [-0.15, -0.1) is 0 Å². The number of aryl methyl sites for hydroxylation is 1. The first-order valence-corrected chi connectivity index (χ1v) is 6.87. The zero-order valence-corrected chi connectivity index (χ0v) is 12.7. The molecule has 0 fully saturated rings. The van der Waals surface area contributed by atoms with Crippen LogP contribution in [0.1, 0.15) is 46.2 Å². The van der Waals surface area contributed by atoms with Crippen LogP contribution in [0.3, 0.4) is 0 Å². The lowest BCUT2D eigenvalue weighted by Gasteiger charge is -2.28. The number of ether oxygens (including phenoxy) is 1. The van der Waals surface area contributed by atoms with Crippen molar-refractivity contribution < 1.29 is 14.6 Å². The molecule has 1 rings (SSSR count). The minimum absolute atomic E-state index is 0.00117. The zero-order valence-electron chi connectivity index (χ0n) is 12.7. The van der Waals surface area contributed by atoms with Crippen molar-refractivity contribution in [2.45, 2.75) is 59.1 Å². The number of anilines is 1. The molecule has 0 aliphatic carbocycles. The first-order valence-electron chi connectivity index (χ1n) is 6.87. The largest absolute Gasteiger partial charge is 0.480 e. The summed E-state index contributed by atoms with van der Waals surface area (Å²) in [5.41, 5.74) is -0.326. The second kappa shape index (κ2) is 6.54. The highest BCUT2D eigenvalue weighted by Gasteiger charge is 2.35. The predicted octanol–water partition coefficient (Wildman–Crippen LogP) is 2.63. The van der Waals surface area contributed by atoms with Gasteiger partial charge in [-0.05, 0) is 33.6 Å². The number of aromatic nitrogens is 2. The summed E-state index contributed by atoms with van der Waals surface area (Å²) < 4.78 is 5.54. The standard InChI is InChI=1S/C14H23N3O3/c1-6-14(7-2,12(18)19)17-13-15-10(5)8-11(16-13)20-9(3)4/h8-9H,6-7H2,1-5H3,(H,18,19)(H,15,16,17). The number of rotatable bonds is 7. The number of carboxylic acid groups (broad SMARTS) is 1. The van der Waals surface area contributed by atoms with E-state index in [4.69, 9.17) is 4.74 Å². The van der Waals surface area contributed by atoms with E-state index in [0.717, 1.165) is 5.69 Å². The quantitative estimate of drug-likeness (QED) is 0.799. The molecular weight excluding hydrogens is 258 g/mol. The number of carboxylic acids is 1. The van der Waals surface area contributed by atoms with E-state index >= 15 is 0 Å². The average molecular weight is 281 g/mol. The second-order valence-corrected chi connectivity index (χ2v) is 5.06. The van der Waals surface area contributed by atoms with Crippen LogP contribution in [0, 0.1) is 6.92 Å². The molecule has 1 heterocycles. The SMILES string of the molecule is CCC(CC)(Nc1nc(C)cc(OC(C)C)n1)C(=O)O. The minimum atomic E-state index is -1.05. The van der Waals surface area contributed by atoms with Crippen molar-refractivity contribution in [3.05, 3.63) is 11.8 Å². The van der Waals surface area contributed by atoms with Crippen LogP contribution < -0.4 is 10.1 Å². The van der Waals surface area contributed by atoms with Crippen molar-refractivity contribution in [1.29, 1.82) is 0 Å². The summed E-state index contributed by atoms with van der Waals surface area (Å²) in [5.74, 6) is -0.174. The Kier molecular flexibility index (Phi) is 5.30. The monoisotopic (exact) mass is 281 g/mol. The van der Waals surface area contributed by atoms with E-state index in [1.807, 2.05) is 34.6 Å². The molecule has 0 amide bonds. The van der Waals surface area contributed by atoms with Crippen LogP contribution >= 0.6 is 0 Å². The molecule has 0 aromatic carbocycles. The van der Waals surface area contributed by atoms with Gasteiger partial charge in [0.2, 0.25) is 11.8 Å². The van der Waals surface area contributed by atoms with Crippen molar-refractivity contribution in [1.82, 2.24) is 9.97 Å². The van der Waals surface area contributed by atoms with Crippen LogP contribution in [0.2, 0.25) is 0 Å². The normalized spacial score (nSPS) is 11.5. The van der Waals surface area contributed by atoms with Crippen LogP contribution in [0.25, 0.3) is 0 Å². The molecule has 112 valence electrons. The molecule has 0 saturated heterocycles. The number of aliphatic carboxylic acids is 1. The maximum atomic E-state index is 11.5. The van der Waals surface area contributed by atoms with E-state index in [-0.39, 0.29) is 12.1 Å². The van der Waals surface area contributed by atoms with Gasteiger partial charge in [-0.1, -0.05) is 13.8 Å². The molecular formula is C14H23N3O3. The average Bonchev–Trinajstić information content (AvgIpc) is 2.34. The number of nitrogens with one attached hydrogen (secondary N) is 1. The minimum Gasteiger partial charge on any atom is -0.480 e. The van der Waals surface area contributed by atoms with E-state index < -0.39 is 11.5 Å². The Morgan fingerprint density at radius 3 is 2.45 bits per heavy atom. The third kappa shape index (κ3) is 3.82. The van der Waals surface area contributed by atoms with Crippen molar-refractivity contribution in [2.24, 2.45) is 0 Å². The molecule has 1 aromatic rings. The van der Waals surface area contributed by atoms with Crippen molar-refractivity contribution in [2.75, 3.05) is 5.32 Å². The fourth-order valence-electron chi connectivity index (χ4n) is 1.89. The summed E-state index contributed by atoms with van der Waals surface area (Å²) in [5, 5.41) is 12.4. The Labute approximate surface area is 119 Å². The summed E-state index contributed by atoms with van der Waals surface area (Å²) in [6.07, 6.45) is 0.881. The van der Waals surface area contributed by atoms with Gasteiger partial charge in [-0.2, -0.15) is 4.98 Å². The highest BCUT2D eigenvalue weighted by Crippen LogP contribution is 2.22. The van der Waals surface area contributed by atoms with E-state index in [1.54, 1.807) is 6.07 Å². The van der Waals surface area contributed by atoms with Crippen LogP contribution in [0.4, 0.5) is 5.95 Å². The van der Waals surface area contributed by atoms with Gasteiger partial charge in [-0.25, -0.2) is 9.78 Å². The number of hydrogen-bond acceptors (Lipinski definition) is 5. The molecule has 0 saturated carbocycles. The van der Waals surface area contributed by atoms with E-state index in [1.165, 1.54) is 0 Å². The van der Waals surface area contributed by atoms with Gasteiger partial charge in [0.1, 0.15) is 5.54 Å². The van der Waals surface area contributed by atoms with Crippen molar-refractivity contribution in [3.63, 3.8) is 0 Å². The Morgan fingerprint density at radius 2 is 2.00 bits per heavy atom. The molecule has 0 radical (unpaired) electrons. The van der Waals surface area contributed by atoms with Crippen LogP contribution in [-0.4, -0.2) is 32.7 Å². The van der Waals surface area contributed by atoms with Crippen LogP contribution in [-0.2, 0) is 4.79 Å². The van der Waals surface area contributed by atoms with Gasteiger partial charge in [0, 0.05) is 11.8 Å². The van der Waals surface area contributed by atoms with Gasteiger partial charge in [0.05, 0.1) is 6.10 Å². The lowest BCUT2D eigenvalue weighted by atomic mass is 9.93.